The second-order valence-corrected chi connectivity index (χ2v) is 9.44. The second-order valence-electron chi connectivity index (χ2n) is 9.44. The molecular formula is C27H38N3O2+. The fourth-order valence-corrected chi connectivity index (χ4v) is 4.85. The third-order valence-corrected chi connectivity index (χ3v) is 6.61. The molecule has 3 N–H and O–H groups in total. The van der Waals surface area contributed by atoms with Crippen molar-refractivity contribution in [3.05, 3.63) is 58.7 Å². The molecular weight excluding hydrogens is 398 g/mol. The van der Waals surface area contributed by atoms with Crippen LogP contribution in [0, 0.1) is 33.6 Å². The molecule has 0 spiro atoms. The van der Waals surface area contributed by atoms with Gasteiger partial charge in [0.2, 0.25) is 0 Å². The van der Waals surface area contributed by atoms with E-state index in [1.54, 1.807) is 0 Å². The van der Waals surface area contributed by atoms with Gasteiger partial charge in [0, 0.05) is 17.3 Å². The van der Waals surface area contributed by atoms with E-state index in [0.717, 1.165) is 45.1 Å². The van der Waals surface area contributed by atoms with E-state index in [9.17, 15) is 9.59 Å². The van der Waals surface area contributed by atoms with Gasteiger partial charge in [-0.1, -0.05) is 55.7 Å². The van der Waals surface area contributed by atoms with Crippen molar-refractivity contribution in [1.29, 1.82) is 0 Å². The first-order valence-electron chi connectivity index (χ1n) is 11.9. The Bertz CT molecular complexity index is 840. The lowest BCUT2D eigenvalue weighted by molar-refractivity contribution is -0.887. The van der Waals surface area contributed by atoms with Crippen molar-refractivity contribution in [1.82, 2.24) is 0 Å². The van der Waals surface area contributed by atoms with E-state index >= 15 is 0 Å². The van der Waals surface area contributed by atoms with Crippen LogP contribution in [0.4, 0.5) is 11.4 Å². The van der Waals surface area contributed by atoms with Crippen LogP contribution in [-0.2, 0) is 9.59 Å². The van der Waals surface area contributed by atoms with Gasteiger partial charge >= 0.3 is 0 Å². The van der Waals surface area contributed by atoms with E-state index < -0.39 is 0 Å². The van der Waals surface area contributed by atoms with Crippen LogP contribution >= 0.6 is 0 Å². The molecule has 0 atom stereocenters. The molecule has 0 unspecified atom stereocenters. The van der Waals surface area contributed by atoms with Crippen LogP contribution in [0.25, 0.3) is 0 Å². The summed E-state index contributed by atoms with van der Waals surface area (Å²) in [7, 11) is 0. The van der Waals surface area contributed by atoms with Crippen LogP contribution in [-0.4, -0.2) is 31.4 Å². The molecule has 32 heavy (non-hydrogen) atoms. The monoisotopic (exact) mass is 436 g/mol. The van der Waals surface area contributed by atoms with E-state index in [-0.39, 0.29) is 11.8 Å². The number of hydrogen-bond acceptors (Lipinski definition) is 2. The van der Waals surface area contributed by atoms with Crippen molar-refractivity contribution in [2.75, 3.05) is 30.3 Å². The maximum atomic E-state index is 13.0. The summed E-state index contributed by atoms with van der Waals surface area (Å²) in [5.74, 6) is 0.515. The highest BCUT2D eigenvalue weighted by Crippen LogP contribution is 2.22. The molecule has 172 valence electrons. The Kier molecular flexibility index (Phi) is 8.46. The zero-order valence-corrected chi connectivity index (χ0v) is 20.0. The number of carbonyl (C=O) groups is 2. The summed E-state index contributed by atoms with van der Waals surface area (Å²) in [6, 6.07) is 12.0. The quantitative estimate of drug-likeness (QED) is 0.586. The molecule has 0 saturated heterocycles. The number of hydrogen-bond donors (Lipinski definition) is 3. The molecule has 0 radical (unpaired) electrons. The van der Waals surface area contributed by atoms with Gasteiger partial charge < -0.3 is 15.5 Å². The van der Waals surface area contributed by atoms with Gasteiger partial charge in [0.05, 0.1) is 6.54 Å². The molecule has 3 rings (SSSR count). The lowest BCUT2D eigenvalue weighted by Crippen LogP contribution is -3.14. The number of para-hydroxylation sites is 2. The average molecular weight is 437 g/mol. The third-order valence-electron chi connectivity index (χ3n) is 6.61. The molecule has 0 bridgehead atoms. The van der Waals surface area contributed by atoms with Gasteiger partial charge in [-0.3, -0.25) is 9.59 Å². The molecule has 2 amide bonds. The highest BCUT2D eigenvalue weighted by atomic mass is 16.2. The maximum absolute atomic E-state index is 13.0. The van der Waals surface area contributed by atoms with Crippen molar-refractivity contribution in [2.45, 2.75) is 59.8 Å². The van der Waals surface area contributed by atoms with E-state index in [4.69, 9.17) is 0 Å². The molecule has 5 heteroatoms. The molecule has 1 saturated carbocycles. The van der Waals surface area contributed by atoms with Crippen molar-refractivity contribution in [3.8, 4) is 0 Å². The first-order chi connectivity index (χ1) is 15.3. The number of quaternary nitrogens is 1. The number of aryl methyl sites for hydroxylation is 4. The topological polar surface area (TPSA) is 62.6 Å². The molecule has 0 aliphatic heterocycles. The minimum atomic E-state index is -0.0342. The summed E-state index contributed by atoms with van der Waals surface area (Å²) in [5.41, 5.74) is 5.99. The normalized spacial score (nSPS) is 14.4. The molecule has 5 nitrogen and oxygen atoms in total. The molecule has 1 fully saturated rings. The van der Waals surface area contributed by atoms with Crippen molar-refractivity contribution in [3.63, 3.8) is 0 Å². The molecule has 2 aromatic rings. The fourth-order valence-electron chi connectivity index (χ4n) is 4.85. The first-order valence-corrected chi connectivity index (χ1v) is 11.9. The van der Waals surface area contributed by atoms with Crippen molar-refractivity contribution >= 4 is 23.2 Å². The van der Waals surface area contributed by atoms with Crippen LogP contribution in [0.1, 0.15) is 54.4 Å². The highest BCUT2D eigenvalue weighted by Gasteiger charge is 2.25. The Morgan fingerprint density at radius 3 is 1.56 bits per heavy atom. The highest BCUT2D eigenvalue weighted by molar-refractivity contribution is 5.94. The van der Waals surface area contributed by atoms with E-state index in [1.807, 2.05) is 64.1 Å². The molecule has 0 heterocycles. The van der Waals surface area contributed by atoms with Crippen LogP contribution in [0.15, 0.2) is 36.4 Å². The third kappa shape index (κ3) is 6.67. The van der Waals surface area contributed by atoms with Crippen LogP contribution in [0.3, 0.4) is 0 Å². The zero-order chi connectivity index (χ0) is 23.1. The van der Waals surface area contributed by atoms with Gasteiger partial charge in [-0.15, -0.1) is 0 Å². The predicted octanol–water partition coefficient (Wildman–Crippen LogP) is 3.96. The largest absolute Gasteiger partial charge is 0.321 e. The summed E-state index contributed by atoms with van der Waals surface area (Å²) >= 11 is 0. The summed E-state index contributed by atoms with van der Waals surface area (Å²) in [4.78, 5) is 26.9. The van der Waals surface area contributed by atoms with Gasteiger partial charge in [0.1, 0.15) is 0 Å². The Balaban J connectivity index is 1.68. The second kappa shape index (κ2) is 11.3. The average Bonchev–Trinajstić information content (AvgIpc) is 2.74. The molecule has 1 aliphatic rings. The molecule has 0 aromatic heterocycles. The Hall–Kier alpha value is -2.66. The van der Waals surface area contributed by atoms with Crippen molar-refractivity contribution < 1.29 is 14.5 Å². The smallest absolute Gasteiger partial charge is 0.279 e. The Morgan fingerprint density at radius 1 is 0.750 bits per heavy atom. The van der Waals surface area contributed by atoms with Crippen LogP contribution < -0.4 is 15.5 Å². The first kappa shape index (κ1) is 24.0. The van der Waals surface area contributed by atoms with E-state index in [2.05, 4.69) is 10.6 Å². The van der Waals surface area contributed by atoms with Crippen molar-refractivity contribution in [2.24, 2.45) is 5.92 Å². The lowest BCUT2D eigenvalue weighted by Gasteiger charge is -2.27. The number of anilines is 2. The number of carbonyl (C=O) groups excluding carboxylic acids is 2. The molecule has 1 aliphatic carbocycles. The summed E-state index contributed by atoms with van der Waals surface area (Å²) < 4.78 is 0. The van der Waals surface area contributed by atoms with Gasteiger partial charge in [-0.05, 0) is 62.8 Å². The summed E-state index contributed by atoms with van der Waals surface area (Å²) in [6.45, 7) is 9.48. The minimum absolute atomic E-state index is 0.0342. The minimum Gasteiger partial charge on any atom is -0.321 e. The van der Waals surface area contributed by atoms with Gasteiger partial charge in [0.15, 0.2) is 13.1 Å². The Labute approximate surface area is 192 Å². The number of nitrogens with one attached hydrogen (secondary N) is 3. The number of rotatable bonds is 8. The lowest BCUT2D eigenvalue weighted by atomic mass is 9.89. The summed E-state index contributed by atoms with van der Waals surface area (Å²) in [6.07, 6.45) is 6.19. The fraction of sp³-hybridized carbons (Fsp3) is 0.481. The Morgan fingerprint density at radius 2 is 1.16 bits per heavy atom. The zero-order valence-electron chi connectivity index (χ0n) is 20.0. The van der Waals surface area contributed by atoms with Gasteiger partial charge in [-0.25, -0.2) is 0 Å². The maximum Gasteiger partial charge on any atom is 0.279 e. The standard InChI is InChI=1S/C27H37N3O2/c1-19-10-8-11-20(2)26(19)28-24(31)17-30(16-23-14-6-5-7-15-23)18-25(32)29-27-21(3)12-9-13-22(27)4/h8-13,23H,5-7,14-18H2,1-4H3,(H,28,31)(H,29,32)/p+1. The number of benzene rings is 2. The van der Waals surface area contributed by atoms with Crippen LogP contribution in [0.5, 0.6) is 0 Å². The number of amides is 2. The van der Waals surface area contributed by atoms with Crippen LogP contribution in [0.2, 0.25) is 0 Å². The predicted molar refractivity (Wildman–Crippen MR) is 131 cm³/mol. The summed E-state index contributed by atoms with van der Waals surface area (Å²) in [5, 5.41) is 6.19. The SMILES string of the molecule is Cc1cccc(C)c1NC(=O)C[NH+](CC(=O)Nc1c(C)cccc1C)CC1CCCCC1. The van der Waals surface area contributed by atoms with Gasteiger partial charge in [0.25, 0.3) is 11.8 Å². The van der Waals surface area contributed by atoms with Gasteiger partial charge in [-0.2, -0.15) is 0 Å². The molecule has 2 aromatic carbocycles. The van der Waals surface area contributed by atoms with E-state index in [1.165, 1.54) is 32.1 Å². The van der Waals surface area contributed by atoms with E-state index in [0.29, 0.717) is 19.0 Å².